The normalized spacial score (nSPS) is 18.1. The Balaban J connectivity index is 1.64. The van der Waals surface area contributed by atoms with Crippen LogP contribution in [0.5, 0.6) is 0 Å². The molecule has 0 bridgehead atoms. The molecule has 23 heavy (non-hydrogen) atoms. The predicted octanol–water partition coefficient (Wildman–Crippen LogP) is 3.82. The first kappa shape index (κ1) is 15.7. The van der Waals surface area contributed by atoms with Crippen molar-refractivity contribution in [1.29, 1.82) is 0 Å². The van der Waals surface area contributed by atoms with Gasteiger partial charge in [-0.05, 0) is 61.6 Å². The first-order valence-corrected chi connectivity index (χ1v) is 8.04. The molecule has 0 saturated heterocycles. The number of rotatable bonds is 4. The van der Waals surface area contributed by atoms with Crippen molar-refractivity contribution < 1.29 is 9.18 Å². The fraction of sp³-hybridized carbons (Fsp3) is 0.316. The van der Waals surface area contributed by atoms with Crippen molar-refractivity contribution in [3.63, 3.8) is 0 Å². The topological polar surface area (TPSA) is 41.1 Å². The van der Waals surface area contributed by atoms with Gasteiger partial charge in [-0.3, -0.25) is 10.1 Å². The minimum absolute atomic E-state index is 0.111. The first-order valence-electron chi connectivity index (χ1n) is 8.04. The largest absolute Gasteiger partial charge is 0.325 e. The molecule has 2 aromatic rings. The lowest BCUT2D eigenvalue weighted by Crippen LogP contribution is -2.41. The fourth-order valence-electron chi connectivity index (χ4n) is 3.09. The third-order valence-corrected chi connectivity index (χ3v) is 4.33. The van der Waals surface area contributed by atoms with Crippen LogP contribution in [0.2, 0.25) is 0 Å². The Hall–Kier alpha value is -2.20. The van der Waals surface area contributed by atoms with Gasteiger partial charge in [-0.2, -0.15) is 0 Å². The minimum Gasteiger partial charge on any atom is -0.325 e. The van der Waals surface area contributed by atoms with Gasteiger partial charge in [0, 0.05) is 11.7 Å². The van der Waals surface area contributed by atoms with E-state index in [0.29, 0.717) is 5.69 Å². The molecule has 0 spiro atoms. The summed E-state index contributed by atoms with van der Waals surface area (Å²) in [5.74, 6) is -0.423. The molecule has 0 heterocycles. The van der Waals surface area contributed by atoms with Gasteiger partial charge >= 0.3 is 0 Å². The van der Waals surface area contributed by atoms with Crippen LogP contribution >= 0.6 is 0 Å². The number of anilines is 1. The van der Waals surface area contributed by atoms with E-state index in [9.17, 15) is 9.18 Å². The highest BCUT2D eigenvalue weighted by atomic mass is 19.1. The number of carbonyl (C=O) groups is 1. The molecule has 3 nitrogen and oxygen atoms in total. The number of nitrogens with one attached hydrogen (secondary N) is 2. The van der Waals surface area contributed by atoms with E-state index < -0.39 is 0 Å². The van der Waals surface area contributed by atoms with Crippen LogP contribution in [0.1, 0.15) is 36.9 Å². The molecule has 120 valence electrons. The number of halogens is 1. The Morgan fingerprint density at radius 3 is 2.70 bits per heavy atom. The lowest BCUT2D eigenvalue weighted by atomic mass is 9.87. The molecule has 1 aliphatic carbocycles. The number of hydrogen-bond donors (Lipinski definition) is 2. The Bertz CT molecular complexity index is 684. The van der Waals surface area contributed by atoms with E-state index in [1.807, 2.05) is 13.0 Å². The lowest BCUT2D eigenvalue weighted by molar-refractivity contribution is -0.118. The summed E-state index contributed by atoms with van der Waals surface area (Å²) in [6.45, 7) is 1.86. The molecule has 0 unspecified atom stereocenters. The van der Waals surface area contributed by atoms with Crippen LogP contribution in [0.25, 0.3) is 0 Å². The average molecular weight is 312 g/mol. The lowest BCUT2D eigenvalue weighted by Gasteiger charge is -2.28. The molecule has 4 heteroatoms. The predicted molar refractivity (Wildman–Crippen MR) is 89.7 cm³/mol. The SMILES string of the molecule is C[C@@H](N[C@H]1CCCc2ccccc21)C(=O)Nc1ccc(F)cc1. The molecule has 1 amide bonds. The summed E-state index contributed by atoms with van der Waals surface area (Å²) >= 11 is 0. The van der Waals surface area contributed by atoms with Crippen molar-refractivity contribution in [2.75, 3.05) is 5.32 Å². The minimum atomic E-state index is -0.323. The van der Waals surface area contributed by atoms with Crippen molar-refractivity contribution in [2.45, 2.75) is 38.3 Å². The van der Waals surface area contributed by atoms with Gasteiger partial charge < -0.3 is 5.32 Å². The molecule has 2 N–H and O–H groups in total. The highest BCUT2D eigenvalue weighted by Gasteiger charge is 2.23. The van der Waals surface area contributed by atoms with Crippen molar-refractivity contribution in [3.05, 3.63) is 65.5 Å². The number of carbonyl (C=O) groups excluding carboxylic acids is 1. The van der Waals surface area contributed by atoms with Crippen LogP contribution in [0, 0.1) is 5.82 Å². The van der Waals surface area contributed by atoms with E-state index in [1.165, 1.54) is 23.3 Å². The molecule has 3 rings (SSSR count). The molecule has 0 aromatic heterocycles. The van der Waals surface area contributed by atoms with Gasteiger partial charge in [-0.25, -0.2) is 4.39 Å². The van der Waals surface area contributed by atoms with Crippen LogP contribution < -0.4 is 10.6 Å². The zero-order chi connectivity index (χ0) is 16.2. The number of amides is 1. The highest BCUT2D eigenvalue weighted by Crippen LogP contribution is 2.29. The maximum Gasteiger partial charge on any atom is 0.241 e. The van der Waals surface area contributed by atoms with Crippen molar-refractivity contribution in [2.24, 2.45) is 0 Å². The van der Waals surface area contributed by atoms with Gasteiger partial charge in [0.2, 0.25) is 5.91 Å². The fourth-order valence-corrected chi connectivity index (χ4v) is 3.09. The number of benzene rings is 2. The molecule has 0 saturated carbocycles. The van der Waals surface area contributed by atoms with Crippen LogP contribution in [0.15, 0.2) is 48.5 Å². The standard InChI is InChI=1S/C19H21FN2O/c1-13(19(23)22-16-11-9-15(20)10-12-16)21-18-8-4-6-14-5-2-3-7-17(14)18/h2-3,5,7,9-13,18,21H,4,6,8H2,1H3,(H,22,23)/t13-,18+/m1/s1. The zero-order valence-corrected chi connectivity index (χ0v) is 13.2. The summed E-state index contributed by atoms with van der Waals surface area (Å²) in [6, 6.07) is 14.1. The summed E-state index contributed by atoms with van der Waals surface area (Å²) in [5.41, 5.74) is 3.26. The summed E-state index contributed by atoms with van der Waals surface area (Å²) in [7, 11) is 0. The molecule has 0 fully saturated rings. The van der Waals surface area contributed by atoms with Gasteiger partial charge in [0.25, 0.3) is 0 Å². The quantitative estimate of drug-likeness (QED) is 0.901. The van der Waals surface area contributed by atoms with Crippen LogP contribution in [0.3, 0.4) is 0 Å². The molecule has 0 aliphatic heterocycles. The zero-order valence-electron chi connectivity index (χ0n) is 13.2. The van der Waals surface area contributed by atoms with E-state index >= 15 is 0 Å². The Labute approximate surface area is 135 Å². The maximum atomic E-state index is 12.9. The molecule has 2 atom stereocenters. The average Bonchev–Trinajstić information content (AvgIpc) is 2.57. The van der Waals surface area contributed by atoms with E-state index in [1.54, 1.807) is 12.1 Å². The molecule has 1 aliphatic rings. The maximum absolute atomic E-state index is 12.9. The van der Waals surface area contributed by atoms with Gasteiger partial charge in [-0.15, -0.1) is 0 Å². The van der Waals surface area contributed by atoms with E-state index in [4.69, 9.17) is 0 Å². The second kappa shape index (κ2) is 6.92. The summed E-state index contributed by atoms with van der Waals surface area (Å²) in [5, 5.41) is 6.23. The van der Waals surface area contributed by atoms with Gasteiger partial charge in [0.15, 0.2) is 0 Å². The van der Waals surface area contributed by atoms with Crippen LogP contribution in [-0.2, 0) is 11.2 Å². The Morgan fingerprint density at radius 2 is 1.91 bits per heavy atom. The summed E-state index contributed by atoms with van der Waals surface area (Å²) < 4.78 is 12.9. The summed E-state index contributed by atoms with van der Waals surface area (Å²) in [6.07, 6.45) is 3.26. The molecule has 0 radical (unpaired) electrons. The van der Waals surface area contributed by atoms with Crippen molar-refractivity contribution >= 4 is 11.6 Å². The van der Waals surface area contributed by atoms with E-state index in [-0.39, 0.29) is 23.8 Å². The van der Waals surface area contributed by atoms with Crippen molar-refractivity contribution in [1.82, 2.24) is 5.32 Å². The second-order valence-corrected chi connectivity index (χ2v) is 6.03. The van der Waals surface area contributed by atoms with Gasteiger partial charge in [0.1, 0.15) is 5.82 Å². The number of aryl methyl sites for hydroxylation is 1. The molecule has 2 aromatic carbocycles. The Morgan fingerprint density at radius 1 is 1.17 bits per heavy atom. The van der Waals surface area contributed by atoms with E-state index in [0.717, 1.165) is 19.3 Å². The first-order chi connectivity index (χ1) is 11.1. The number of hydrogen-bond acceptors (Lipinski definition) is 2. The highest BCUT2D eigenvalue weighted by molar-refractivity contribution is 5.94. The molecular weight excluding hydrogens is 291 g/mol. The Kier molecular flexibility index (Phi) is 4.72. The third-order valence-electron chi connectivity index (χ3n) is 4.33. The van der Waals surface area contributed by atoms with Gasteiger partial charge in [-0.1, -0.05) is 24.3 Å². The van der Waals surface area contributed by atoms with Crippen molar-refractivity contribution in [3.8, 4) is 0 Å². The third kappa shape index (κ3) is 3.77. The van der Waals surface area contributed by atoms with Crippen LogP contribution in [-0.4, -0.2) is 11.9 Å². The second-order valence-electron chi connectivity index (χ2n) is 6.03. The smallest absolute Gasteiger partial charge is 0.241 e. The number of fused-ring (bicyclic) bond motifs is 1. The van der Waals surface area contributed by atoms with Crippen LogP contribution in [0.4, 0.5) is 10.1 Å². The molecular formula is C19H21FN2O. The van der Waals surface area contributed by atoms with E-state index in [2.05, 4.69) is 28.8 Å². The monoisotopic (exact) mass is 312 g/mol. The summed E-state index contributed by atoms with van der Waals surface area (Å²) in [4.78, 5) is 12.3. The van der Waals surface area contributed by atoms with Gasteiger partial charge in [0.05, 0.1) is 6.04 Å².